The smallest absolute Gasteiger partial charge is 0.410 e. The van der Waals surface area contributed by atoms with Crippen LogP contribution in [0.15, 0.2) is 36.7 Å². The molecule has 3 aromatic rings. The summed E-state index contributed by atoms with van der Waals surface area (Å²) in [5, 5.41) is 3.75. The van der Waals surface area contributed by atoms with E-state index in [1.807, 2.05) is 37.5 Å². The molecule has 52 heavy (non-hydrogen) atoms. The number of hydrogen-bond donors (Lipinski definition) is 1. The molecule has 11 nitrogen and oxygen atoms in total. The van der Waals surface area contributed by atoms with Crippen molar-refractivity contribution in [3.63, 3.8) is 0 Å². The van der Waals surface area contributed by atoms with Crippen LogP contribution in [-0.4, -0.2) is 121 Å². The van der Waals surface area contributed by atoms with Crippen molar-refractivity contribution < 1.29 is 32.2 Å². The van der Waals surface area contributed by atoms with Gasteiger partial charge in [-0.2, -0.15) is 13.2 Å². The van der Waals surface area contributed by atoms with E-state index in [0.29, 0.717) is 64.8 Å². The van der Waals surface area contributed by atoms with E-state index in [9.17, 15) is 18.0 Å². The molecular formula is C37H54F3N7O4Si. The summed E-state index contributed by atoms with van der Waals surface area (Å²) < 4.78 is 63.2. The van der Waals surface area contributed by atoms with Crippen LogP contribution in [0.3, 0.4) is 0 Å². The van der Waals surface area contributed by atoms with Crippen LogP contribution in [0.1, 0.15) is 33.6 Å². The second-order valence-corrected chi connectivity index (χ2v) is 22.1. The minimum absolute atomic E-state index is 0.0189. The molecule has 286 valence electrons. The average Bonchev–Trinajstić information content (AvgIpc) is 3.84. The Balaban J connectivity index is 1.18. The zero-order chi connectivity index (χ0) is 37.3. The zero-order valence-electron chi connectivity index (χ0n) is 31.3. The highest BCUT2D eigenvalue weighted by molar-refractivity contribution is 6.76. The van der Waals surface area contributed by atoms with Crippen LogP contribution < -0.4 is 10.2 Å². The Bertz CT molecular complexity index is 1670. The number of amides is 1. The fourth-order valence-electron chi connectivity index (χ4n) is 7.32. The molecule has 15 heteroatoms. The summed E-state index contributed by atoms with van der Waals surface area (Å²) in [6, 6.07) is 8.56. The molecule has 5 heterocycles. The Morgan fingerprint density at radius 2 is 1.75 bits per heavy atom. The lowest BCUT2D eigenvalue weighted by Crippen LogP contribution is -2.45. The molecule has 2 aromatic heterocycles. The number of fused-ring (bicyclic) bond motifs is 1. The summed E-state index contributed by atoms with van der Waals surface area (Å²) in [5.41, 5.74) is 2.27. The number of anilines is 2. The maximum absolute atomic E-state index is 14.6. The molecule has 0 aliphatic carbocycles. The fourth-order valence-corrected chi connectivity index (χ4v) is 8.07. The van der Waals surface area contributed by atoms with E-state index >= 15 is 0 Å². The highest BCUT2D eigenvalue weighted by atomic mass is 28.3. The molecule has 0 radical (unpaired) electrons. The van der Waals surface area contributed by atoms with E-state index in [2.05, 4.69) is 50.8 Å². The Morgan fingerprint density at radius 1 is 1.02 bits per heavy atom. The Hall–Kier alpha value is -3.40. The number of alkyl halides is 3. The maximum atomic E-state index is 14.6. The van der Waals surface area contributed by atoms with Gasteiger partial charge in [-0.15, -0.1) is 0 Å². The number of nitrogens with zero attached hydrogens (tertiary/aromatic N) is 6. The maximum Gasteiger partial charge on any atom is 0.410 e. The first-order valence-corrected chi connectivity index (χ1v) is 22.2. The van der Waals surface area contributed by atoms with E-state index in [1.165, 1.54) is 0 Å². The Morgan fingerprint density at radius 3 is 2.42 bits per heavy atom. The van der Waals surface area contributed by atoms with Gasteiger partial charge in [0, 0.05) is 65.1 Å². The molecule has 3 aliphatic rings. The molecule has 3 saturated heterocycles. The summed E-state index contributed by atoms with van der Waals surface area (Å²) in [4.78, 5) is 27.9. The third-order valence-electron chi connectivity index (χ3n) is 10.1. The third kappa shape index (κ3) is 9.39. The topological polar surface area (TPSA) is 97.2 Å². The minimum atomic E-state index is -4.44. The second kappa shape index (κ2) is 15.5. The highest BCUT2D eigenvalue weighted by Gasteiger charge is 2.48. The Kier molecular flexibility index (Phi) is 11.4. The number of aromatic nitrogens is 3. The van der Waals surface area contributed by atoms with Crippen LogP contribution in [0, 0.1) is 5.92 Å². The lowest BCUT2D eigenvalue weighted by Gasteiger charge is -2.30. The molecule has 0 saturated carbocycles. The van der Waals surface area contributed by atoms with Gasteiger partial charge in [0.05, 0.1) is 24.3 Å². The van der Waals surface area contributed by atoms with Crippen LogP contribution in [-0.2, 0) is 20.9 Å². The van der Waals surface area contributed by atoms with Gasteiger partial charge in [-0.3, -0.25) is 4.90 Å². The largest absolute Gasteiger partial charge is 0.444 e. The number of halogens is 3. The molecular weight excluding hydrogens is 692 g/mol. The van der Waals surface area contributed by atoms with Crippen molar-refractivity contribution in [3.8, 4) is 11.3 Å². The van der Waals surface area contributed by atoms with Crippen molar-refractivity contribution >= 4 is 36.7 Å². The molecule has 3 fully saturated rings. The van der Waals surface area contributed by atoms with Gasteiger partial charge in [0.1, 0.15) is 36.2 Å². The first-order valence-electron chi connectivity index (χ1n) is 18.5. The normalized spacial score (nSPS) is 21.2. The number of morpholine rings is 1. The van der Waals surface area contributed by atoms with Crippen molar-refractivity contribution in [2.45, 2.75) is 89.9 Å². The monoisotopic (exact) mass is 745 g/mol. The molecule has 6 rings (SSSR count). The van der Waals surface area contributed by atoms with E-state index in [-0.39, 0.29) is 12.1 Å². The van der Waals surface area contributed by atoms with E-state index in [0.717, 1.165) is 53.7 Å². The number of likely N-dealkylation sites (tertiary alicyclic amines) is 2. The SMILES string of the molecule is CC(C)(C)OC(=O)N1CCC(N2CC[C@H](C(Nc3ccc(-c4cc5c(N6CCOCC6)ncnc5n4COCC[Si](C)(C)C)cc3)C(F)(F)F)C2)C1. The van der Waals surface area contributed by atoms with Gasteiger partial charge in [0.15, 0.2) is 0 Å². The summed E-state index contributed by atoms with van der Waals surface area (Å²) in [5.74, 6) is 0.214. The highest BCUT2D eigenvalue weighted by Crippen LogP contribution is 2.37. The van der Waals surface area contributed by atoms with Crippen LogP contribution in [0.4, 0.5) is 29.5 Å². The number of carbonyl (C=O) groups excluding carboxylic acids is 1. The lowest BCUT2D eigenvalue weighted by molar-refractivity contribution is -0.152. The molecule has 1 N–H and O–H groups in total. The first-order chi connectivity index (χ1) is 24.6. The molecule has 0 bridgehead atoms. The second-order valence-electron chi connectivity index (χ2n) is 16.5. The van der Waals surface area contributed by atoms with Gasteiger partial charge in [0.25, 0.3) is 0 Å². The summed E-state index contributed by atoms with van der Waals surface area (Å²) in [6.07, 6.45) is -2.09. The lowest BCUT2D eigenvalue weighted by atomic mass is 9.97. The number of nitrogens with one attached hydrogen (secondary N) is 1. The predicted octanol–water partition coefficient (Wildman–Crippen LogP) is 6.92. The van der Waals surface area contributed by atoms with Crippen LogP contribution in [0.2, 0.25) is 25.7 Å². The van der Waals surface area contributed by atoms with Crippen molar-refractivity contribution in [2.24, 2.45) is 5.92 Å². The van der Waals surface area contributed by atoms with Gasteiger partial charge in [0.2, 0.25) is 0 Å². The van der Waals surface area contributed by atoms with E-state index in [4.69, 9.17) is 14.2 Å². The zero-order valence-corrected chi connectivity index (χ0v) is 32.3. The number of ether oxygens (including phenoxy) is 3. The van der Waals surface area contributed by atoms with Gasteiger partial charge >= 0.3 is 12.3 Å². The van der Waals surface area contributed by atoms with Crippen LogP contribution >= 0.6 is 0 Å². The molecule has 1 amide bonds. The van der Waals surface area contributed by atoms with Crippen molar-refractivity contribution in [1.29, 1.82) is 0 Å². The number of carbonyl (C=O) groups is 1. The van der Waals surface area contributed by atoms with Crippen molar-refractivity contribution in [3.05, 3.63) is 36.7 Å². The third-order valence-corrected chi connectivity index (χ3v) is 11.8. The minimum Gasteiger partial charge on any atom is -0.444 e. The van der Waals surface area contributed by atoms with Gasteiger partial charge < -0.3 is 33.9 Å². The van der Waals surface area contributed by atoms with Gasteiger partial charge in [-0.25, -0.2) is 14.8 Å². The van der Waals surface area contributed by atoms with Gasteiger partial charge in [-0.1, -0.05) is 31.8 Å². The quantitative estimate of drug-likeness (QED) is 0.166. The van der Waals surface area contributed by atoms with E-state index < -0.39 is 31.8 Å². The summed E-state index contributed by atoms with van der Waals surface area (Å²) >= 11 is 0. The average molecular weight is 746 g/mol. The predicted molar refractivity (Wildman–Crippen MR) is 199 cm³/mol. The molecule has 2 unspecified atom stereocenters. The molecule has 1 aromatic carbocycles. The van der Waals surface area contributed by atoms with Gasteiger partial charge in [-0.05, 0) is 70.0 Å². The van der Waals surface area contributed by atoms with Crippen LogP contribution in [0.25, 0.3) is 22.3 Å². The standard InChI is InChI=1S/C37H54F3N7O4Si/c1-36(2,3)51-35(48)46-14-12-29(23-46)45-13-11-27(22-45)32(37(38,39)40)43-28-9-7-26(8-10-28)31-21-30-33(44-15-17-49-18-16-44)41-24-42-34(30)47(31)25-50-19-20-52(4,5)6/h7-10,21,24,27,29,32,43H,11-20,22-23,25H2,1-6H3/t27-,29?,32?/m0/s1. The van der Waals surface area contributed by atoms with E-state index in [1.54, 1.807) is 23.4 Å². The number of benzene rings is 1. The number of hydrogen-bond acceptors (Lipinski definition) is 9. The molecule has 3 atom stereocenters. The van der Waals surface area contributed by atoms with Crippen LogP contribution in [0.5, 0.6) is 0 Å². The summed E-state index contributed by atoms with van der Waals surface area (Å²) in [7, 11) is -1.30. The van der Waals surface area contributed by atoms with Crippen molar-refractivity contribution in [2.75, 3.05) is 69.3 Å². The number of rotatable bonds is 11. The fraction of sp³-hybridized carbons (Fsp3) is 0.649. The Labute approximate surface area is 305 Å². The van der Waals surface area contributed by atoms with Crippen molar-refractivity contribution in [1.82, 2.24) is 24.3 Å². The molecule has 0 spiro atoms. The first kappa shape index (κ1) is 38.3. The summed E-state index contributed by atoms with van der Waals surface area (Å²) in [6.45, 7) is 17.9. The molecule has 3 aliphatic heterocycles.